The van der Waals surface area contributed by atoms with Crippen LogP contribution in [0.2, 0.25) is 0 Å². The van der Waals surface area contributed by atoms with Crippen LogP contribution < -0.4 is 0 Å². The molecular weight excluding hydrogens is 276 g/mol. The molecule has 0 fully saturated rings. The van der Waals surface area contributed by atoms with Crippen LogP contribution >= 0.6 is 15.9 Å². The van der Waals surface area contributed by atoms with E-state index >= 15 is 0 Å². The highest BCUT2D eigenvalue weighted by atomic mass is 79.9. The van der Waals surface area contributed by atoms with Crippen molar-refractivity contribution in [1.82, 2.24) is 9.55 Å². The maximum Gasteiger partial charge on any atom is 0.112 e. The first kappa shape index (κ1) is 11.0. The highest BCUT2D eigenvalue weighted by Crippen LogP contribution is 2.29. The van der Waals surface area contributed by atoms with Gasteiger partial charge in [0.25, 0.3) is 0 Å². The molecule has 0 unspecified atom stereocenters. The normalized spacial score (nSPS) is 19.1. The van der Waals surface area contributed by atoms with Crippen molar-refractivity contribution in [3.05, 3.63) is 40.8 Å². The van der Waals surface area contributed by atoms with E-state index in [9.17, 15) is 0 Å². The van der Waals surface area contributed by atoms with Crippen molar-refractivity contribution in [2.45, 2.75) is 32.2 Å². The number of nitrogens with zero attached hydrogens (tertiary/aromatic N) is 2. The zero-order chi connectivity index (χ0) is 11.8. The summed E-state index contributed by atoms with van der Waals surface area (Å²) in [5.74, 6) is 1.84. The lowest BCUT2D eigenvalue weighted by atomic mass is 10.0. The lowest BCUT2D eigenvalue weighted by Gasteiger charge is -2.19. The quantitative estimate of drug-likeness (QED) is 0.769. The van der Waals surface area contributed by atoms with Crippen LogP contribution in [0.25, 0.3) is 11.3 Å². The van der Waals surface area contributed by atoms with Crippen LogP contribution in [0.5, 0.6) is 0 Å². The summed E-state index contributed by atoms with van der Waals surface area (Å²) in [6, 6.07) is 8.36. The Labute approximate surface area is 110 Å². The van der Waals surface area contributed by atoms with Gasteiger partial charge in [-0.15, -0.1) is 0 Å². The molecule has 0 saturated heterocycles. The molecule has 88 valence electrons. The summed E-state index contributed by atoms with van der Waals surface area (Å²) in [6.07, 6.45) is 4.72. The number of aromatic nitrogens is 2. The van der Waals surface area contributed by atoms with Crippen LogP contribution in [0.3, 0.4) is 0 Å². The Balaban J connectivity index is 2.02. The molecule has 0 amide bonds. The largest absolute Gasteiger partial charge is 0.334 e. The van der Waals surface area contributed by atoms with E-state index in [-0.39, 0.29) is 0 Å². The van der Waals surface area contributed by atoms with Crippen LogP contribution in [0, 0.1) is 0 Å². The smallest absolute Gasteiger partial charge is 0.112 e. The second-order valence-corrected chi connectivity index (χ2v) is 5.64. The first-order chi connectivity index (χ1) is 8.24. The van der Waals surface area contributed by atoms with Gasteiger partial charge in [-0.3, -0.25) is 0 Å². The van der Waals surface area contributed by atoms with Gasteiger partial charge < -0.3 is 4.57 Å². The van der Waals surface area contributed by atoms with Crippen molar-refractivity contribution in [2.75, 3.05) is 0 Å². The lowest BCUT2D eigenvalue weighted by Crippen LogP contribution is -2.12. The van der Waals surface area contributed by atoms with Crippen molar-refractivity contribution in [3.63, 3.8) is 0 Å². The zero-order valence-electron chi connectivity index (χ0n) is 9.86. The van der Waals surface area contributed by atoms with Gasteiger partial charge in [0.2, 0.25) is 0 Å². The summed E-state index contributed by atoms with van der Waals surface area (Å²) in [6.45, 7) is 3.38. The fourth-order valence-electron chi connectivity index (χ4n) is 2.46. The van der Waals surface area contributed by atoms with E-state index in [0.717, 1.165) is 16.7 Å². The molecule has 17 heavy (non-hydrogen) atoms. The van der Waals surface area contributed by atoms with E-state index in [1.165, 1.54) is 24.2 Å². The van der Waals surface area contributed by atoms with Crippen LogP contribution in [0.1, 0.15) is 31.5 Å². The predicted molar refractivity (Wildman–Crippen MR) is 73.0 cm³/mol. The molecule has 2 nitrogen and oxygen atoms in total. The van der Waals surface area contributed by atoms with Gasteiger partial charge in [0.15, 0.2) is 0 Å². The second kappa shape index (κ2) is 4.30. The average Bonchev–Trinajstić information content (AvgIpc) is 2.75. The minimum atomic E-state index is 0.591. The molecule has 1 aliphatic rings. The van der Waals surface area contributed by atoms with Crippen molar-refractivity contribution in [3.8, 4) is 11.3 Å². The SMILES string of the molecule is C[C@H]1CCCn2cc(-c3ccc(Br)cc3)nc21. The lowest BCUT2D eigenvalue weighted by molar-refractivity contribution is 0.463. The average molecular weight is 291 g/mol. The van der Waals surface area contributed by atoms with E-state index in [2.05, 4.69) is 57.9 Å². The Morgan fingerprint density at radius 1 is 1.29 bits per heavy atom. The van der Waals surface area contributed by atoms with E-state index < -0.39 is 0 Å². The Hall–Kier alpha value is -1.09. The molecule has 0 bridgehead atoms. The van der Waals surface area contributed by atoms with Gasteiger partial charge >= 0.3 is 0 Å². The zero-order valence-corrected chi connectivity index (χ0v) is 11.4. The minimum absolute atomic E-state index is 0.591. The molecule has 1 aromatic heterocycles. The predicted octanol–water partition coefficient (Wildman–Crippen LogP) is 4.21. The van der Waals surface area contributed by atoms with Gasteiger partial charge in [0.1, 0.15) is 5.82 Å². The van der Waals surface area contributed by atoms with E-state index in [0.29, 0.717) is 5.92 Å². The molecule has 1 atom stereocenters. The third-order valence-corrected chi connectivity index (χ3v) is 3.95. The van der Waals surface area contributed by atoms with Crippen molar-refractivity contribution in [2.24, 2.45) is 0 Å². The highest BCUT2D eigenvalue weighted by molar-refractivity contribution is 9.10. The molecule has 1 aliphatic heterocycles. The summed E-state index contributed by atoms with van der Waals surface area (Å²) >= 11 is 3.46. The number of hydrogen-bond acceptors (Lipinski definition) is 1. The summed E-state index contributed by atoms with van der Waals surface area (Å²) in [7, 11) is 0. The topological polar surface area (TPSA) is 17.8 Å². The number of benzene rings is 1. The van der Waals surface area contributed by atoms with Crippen LogP contribution in [0.15, 0.2) is 34.9 Å². The molecule has 0 N–H and O–H groups in total. The fraction of sp³-hybridized carbons (Fsp3) is 0.357. The Morgan fingerprint density at radius 2 is 2.06 bits per heavy atom. The van der Waals surface area contributed by atoms with Gasteiger partial charge in [0, 0.05) is 28.7 Å². The maximum atomic E-state index is 4.78. The van der Waals surface area contributed by atoms with E-state index in [1.54, 1.807) is 0 Å². The Kier molecular flexibility index (Phi) is 2.79. The van der Waals surface area contributed by atoms with Gasteiger partial charge in [-0.2, -0.15) is 0 Å². The molecule has 2 heterocycles. The van der Waals surface area contributed by atoms with Gasteiger partial charge in [0.05, 0.1) is 5.69 Å². The molecule has 0 spiro atoms. The van der Waals surface area contributed by atoms with Crippen LogP contribution in [-0.2, 0) is 6.54 Å². The summed E-state index contributed by atoms with van der Waals surface area (Å²) in [4.78, 5) is 4.78. The Bertz CT molecular complexity index is 528. The van der Waals surface area contributed by atoms with Crippen LogP contribution in [-0.4, -0.2) is 9.55 Å². The number of halogens is 1. The molecule has 2 aromatic rings. The standard InChI is InChI=1S/C14H15BrN2/c1-10-3-2-8-17-9-13(16-14(10)17)11-4-6-12(15)7-5-11/h4-7,9-10H,2-3,8H2,1H3/t10-/m0/s1. The molecule has 0 saturated carbocycles. The fourth-order valence-corrected chi connectivity index (χ4v) is 2.72. The van der Waals surface area contributed by atoms with Crippen molar-refractivity contribution < 1.29 is 0 Å². The summed E-state index contributed by atoms with van der Waals surface area (Å²) < 4.78 is 3.42. The molecule has 3 rings (SSSR count). The monoisotopic (exact) mass is 290 g/mol. The first-order valence-corrected chi connectivity index (χ1v) is 6.86. The van der Waals surface area contributed by atoms with Crippen molar-refractivity contribution in [1.29, 1.82) is 0 Å². The van der Waals surface area contributed by atoms with E-state index in [1.807, 2.05) is 0 Å². The third-order valence-electron chi connectivity index (χ3n) is 3.42. The highest BCUT2D eigenvalue weighted by Gasteiger charge is 2.19. The molecule has 3 heteroatoms. The van der Waals surface area contributed by atoms with Gasteiger partial charge in [-0.25, -0.2) is 4.98 Å². The second-order valence-electron chi connectivity index (χ2n) is 4.73. The molecule has 0 aliphatic carbocycles. The summed E-state index contributed by atoms with van der Waals surface area (Å²) in [5, 5.41) is 0. The van der Waals surface area contributed by atoms with Gasteiger partial charge in [-0.1, -0.05) is 35.0 Å². The van der Waals surface area contributed by atoms with Gasteiger partial charge in [-0.05, 0) is 25.0 Å². The molecular formula is C14H15BrN2. The summed E-state index contributed by atoms with van der Waals surface area (Å²) in [5.41, 5.74) is 2.29. The molecule has 0 radical (unpaired) electrons. The van der Waals surface area contributed by atoms with Crippen LogP contribution in [0.4, 0.5) is 0 Å². The minimum Gasteiger partial charge on any atom is -0.334 e. The number of rotatable bonds is 1. The number of aryl methyl sites for hydroxylation is 1. The number of fused-ring (bicyclic) bond motifs is 1. The third kappa shape index (κ3) is 2.04. The number of imidazole rings is 1. The number of hydrogen-bond donors (Lipinski definition) is 0. The maximum absolute atomic E-state index is 4.78. The van der Waals surface area contributed by atoms with Crippen molar-refractivity contribution >= 4 is 15.9 Å². The first-order valence-electron chi connectivity index (χ1n) is 6.07. The molecule has 1 aromatic carbocycles. The van der Waals surface area contributed by atoms with E-state index in [4.69, 9.17) is 4.98 Å². The Morgan fingerprint density at radius 3 is 2.76 bits per heavy atom.